The van der Waals surface area contributed by atoms with E-state index in [9.17, 15) is 9.59 Å². The molecule has 0 bridgehead atoms. The second kappa shape index (κ2) is 7.33. The molecule has 0 saturated heterocycles. The van der Waals surface area contributed by atoms with Gasteiger partial charge in [-0.05, 0) is 41.3 Å². The largest absolute Gasteiger partial charge is 0.516 e. The smallest absolute Gasteiger partial charge is 0.428 e. The van der Waals surface area contributed by atoms with Gasteiger partial charge in [0, 0.05) is 19.0 Å². The Labute approximate surface area is 108 Å². The third-order valence-corrected chi connectivity index (χ3v) is 2.27. The van der Waals surface area contributed by atoms with Crippen LogP contribution in [-0.4, -0.2) is 49.3 Å². The van der Waals surface area contributed by atoms with Crippen LogP contribution in [0.25, 0.3) is 0 Å². The van der Waals surface area contributed by atoms with E-state index in [0.717, 1.165) is 0 Å². The monoisotopic (exact) mass is 260 g/mol. The number of hydrogen-bond donors (Lipinski definition) is 1. The van der Waals surface area contributed by atoms with E-state index in [4.69, 9.17) is 10.5 Å². The summed E-state index contributed by atoms with van der Waals surface area (Å²) >= 11 is 0. The minimum atomic E-state index is -0.957. The van der Waals surface area contributed by atoms with Gasteiger partial charge in [0.25, 0.3) is 0 Å². The van der Waals surface area contributed by atoms with Crippen molar-refractivity contribution in [2.75, 3.05) is 20.6 Å². The topological polar surface area (TPSA) is 81.9 Å². The van der Waals surface area contributed by atoms with Crippen molar-refractivity contribution >= 4 is 12.1 Å². The minimum Gasteiger partial charge on any atom is -0.428 e. The Bertz CT molecular complexity index is 284. The number of likely N-dealkylation sites (N-methyl/N-ethyl adjacent to an activating group) is 1. The van der Waals surface area contributed by atoms with Crippen molar-refractivity contribution in [1.29, 1.82) is 0 Å². The maximum Gasteiger partial charge on any atom is 0.516 e. The van der Waals surface area contributed by atoms with Crippen molar-refractivity contribution < 1.29 is 19.1 Å². The van der Waals surface area contributed by atoms with Gasteiger partial charge in [0.05, 0.1) is 0 Å². The Morgan fingerprint density at radius 3 is 2.22 bits per heavy atom. The molecule has 0 amide bonds. The zero-order valence-corrected chi connectivity index (χ0v) is 11.9. The highest BCUT2D eigenvalue weighted by atomic mass is 16.7. The molecular formula is C12H24N2O4. The van der Waals surface area contributed by atoms with Crippen LogP contribution in [0, 0.1) is 0 Å². The molecule has 2 N–H and O–H groups in total. The highest BCUT2D eigenvalue weighted by molar-refractivity contribution is 5.81. The van der Waals surface area contributed by atoms with Gasteiger partial charge in [-0.1, -0.05) is 0 Å². The molecule has 0 aromatic rings. The third kappa shape index (κ3) is 8.03. The molecule has 0 aromatic carbocycles. The van der Waals surface area contributed by atoms with Crippen molar-refractivity contribution in [2.45, 2.75) is 45.3 Å². The Balaban J connectivity index is 4.01. The molecule has 106 valence electrons. The van der Waals surface area contributed by atoms with E-state index in [1.165, 1.54) is 0 Å². The third-order valence-electron chi connectivity index (χ3n) is 2.27. The molecule has 6 heteroatoms. The first-order valence-corrected chi connectivity index (χ1v) is 5.96. The number of ether oxygens (including phenoxy) is 2. The first-order chi connectivity index (χ1) is 8.15. The fraction of sp³-hybridized carbons (Fsp3) is 0.833. The van der Waals surface area contributed by atoms with Crippen LogP contribution in [0.4, 0.5) is 4.79 Å². The van der Waals surface area contributed by atoms with Gasteiger partial charge in [0.2, 0.25) is 0 Å². The second-order valence-corrected chi connectivity index (χ2v) is 5.33. The highest BCUT2D eigenvalue weighted by Crippen LogP contribution is 2.09. The lowest BCUT2D eigenvalue weighted by Crippen LogP contribution is -2.35. The van der Waals surface area contributed by atoms with Gasteiger partial charge in [-0.2, -0.15) is 0 Å². The molecule has 6 nitrogen and oxygen atoms in total. The molecule has 1 atom stereocenters. The standard InChI is InChI=1S/C12H24N2O4/c1-12(2,3)18-11(16)17-10(15)7-6-9(8-13)14(4)5/h9H,6-8,13H2,1-5H3/t9-/m0/s1. The van der Waals surface area contributed by atoms with Crippen LogP contribution in [0.15, 0.2) is 0 Å². The van der Waals surface area contributed by atoms with E-state index in [2.05, 4.69) is 4.74 Å². The Morgan fingerprint density at radius 1 is 1.28 bits per heavy atom. The van der Waals surface area contributed by atoms with Gasteiger partial charge in [-0.3, -0.25) is 4.79 Å². The molecule has 0 saturated carbocycles. The van der Waals surface area contributed by atoms with E-state index in [1.54, 1.807) is 20.8 Å². The first kappa shape index (κ1) is 16.9. The van der Waals surface area contributed by atoms with Crippen LogP contribution < -0.4 is 5.73 Å². The SMILES string of the molecule is CN(C)[C@H](CN)CCC(=O)OC(=O)OC(C)(C)C. The van der Waals surface area contributed by atoms with E-state index in [0.29, 0.717) is 13.0 Å². The van der Waals surface area contributed by atoms with E-state index < -0.39 is 17.7 Å². The maximum atomic E-state index is 11.4. The van der Waals surface area contributed by atoms with Crippen molar-refractivity contribution in [3.63, 3.8) is 0 Å². The van der Waals surface area contributed by atoms with Crippen LogP contribution in [0.5, 0.6) is 0 Å². The van der Waals surface area contributed by atoms with E-state index >= 15 is 0 Å². The second-order valence-electron chi connectivity index (χ2n) is 5.33. The van der Waals surface area contributed by atoms with Crippen molar-refractivity contribution in [3.05, 3.63) is 0 Å². The van der Waals surface area contributed by atoms with Crippen LogP contribution >= 0.6 is 0 Å². The van der Waals surface area contributed by atoms with Crippen molar-refractivity contribution in [1.82, 2.24) is 4.90 Å². The summed E-state index contributed by atoms with van der Waals surface area (Å²) in [5, 5.41) is 0. The lowest BCUT2D eigenvalue weighted by molar-refractivity contribution is -0.141. The molecule has 0 aliphatic carbocycles. The summed E-state index contributed by atoms with van der Waals surface area (Å²) in [7, 11) is 3.77. The molecule has 0 radical (unpaired) electrons. The van der Waals surface area contributed by atoms with Crippen molar-refractivity contribution in [2.24, 2.45) is 5.73 Å². The molecule has 18 heavy (non-hydrogen) atoms. The zero-order valence-electron chi connectivity index (χ0n) is 11.9. The van der Waals surface area contributed by atoms with Gasteiger partial charge >= 0.3 is 12.1 Å². The summed E-state index contributed by atoms with van der Waals surface area (Å²) in [6, 6.07) is 0.0937. The maximum absolute atomic E-state index is 11.4. The van der Waals surface area contributed by atoms with E-state index in [1.807, 2.05) is 19.0 Å². The predicted octanol–water partition coefficient (Wildman–Crippen LogP) is 1.13. The quantitative estimate of drug-likeness (QED) is 0.589. The van der Waals surface area contributed by atoms with Crippen molar-refractivity contribution in [3.8, 4) is 0 Å². The Hall–Kier alpha value is -1.14. The van der Waals surface area contributed by atoms with Gasteiger partial charge in [0.15, 0.2) is 0 Å². The van der Waals surface area contributed by atoms with Gasteiger partial charge in [-0.15, -0.1) is 0 Å². The Kier molecular flexibility index (Phi) is 6.86. The molecule has 0 unspecified atom stereocenters. The normalized spacial score (nSPS) is 13.3. The average Bonchev–Trinajstić information content (AvgIpc) is 2.14. The summed E-state index contributed by atoms with van der Waals surface area (Å²) in [5.41, 5.74) is 4.89. The summed E-state index contributed by atoms with van der Waals surface area (Å²) in [6.45, 7) is 5.56. The molecule has 0 heterocycles. The number of nitrogens with zero attached hydrogens (tertiary/aromatic N) is 1. The molecule has 0 fully saturated rings. The first-order valence-electron chi connectivity index (χ1n) is 5.96. The molecular weight excluding hydrogens is 236 g/mol. The number of carbonyl (C=O) groups excluding carboxylic acids is 2. The Morgan fingerprint density at radius 2 is 1.83 bits per heavy atom. The van der Waals surface area contributed by atoms with Crippen LogP contribution in [0.3, 0.4) is 0 Å². The molecule has 0 rings (SSSR count). The zero-order chi connectivity index (χ0) is 14.3. The number of hydrogen-bond acceptors (Lipinski definition) is 6. The summed E-state index contributed by atoms with van der Waals surface area (Å²) in [4.78, 5) is 24.5. The highest BCUT2D eigenvalue weighted by Gasteiger charge is 2.21. The van der Waals surface area contributed by atoms with Gasteiger partial charge in [0.1, 0.15) is 5.60 Å². The fourth-order valence-corrected chi connectivity index (χ4v) is 1.29. The number of carbonyl (C=O) groups is 2. The van der Waals surface area contributed by atoms with Gasteiger partial charge in [-0.25, -0.2) is 4.79 Å². The lowest BCUT2D eigenvalue weighted by atomic mass is 10.1. The lowest BCUT2D eigenvalue weighted by Gasteiger charge is -2.22. The number of esters is 1. The molecule has 0 aliphatic rings. The molecule has 0 aliphatic heterocycles. The van der Waals surface area contributed by atoms with Crippen LogP contribution in [0.1, 0.15) is 33.6 Å². The summed E-state index contributed by atoms with van der Waals surface area (Å²) in [5.74, 6) is -0.593. The number of nitrogens with two attached hydrogens (primary N) is 1. The average molecular weight is 260 g/mol. The molecule has 0 aromatic heterocycles. The summed E-state index contributed by atoms with van der Waals surface area (Å²) in [6.07, 6.45) is -0.272. The summed E-state index contributed by atoms with van der Waals surface area (Å²) < 4.78 is 9.41. The fourth-order valence-electron chi connectivity index (χ4n) is 1.29. The molecule has 0 spiro atoms. The van der Waals surface area contributed by atoms with Crippen LogP contribution in [-0.2, 0) is 14.3 Å². The predicted molar refractivity (Wildman–Crippen MR) is 68.1 cm³/mol. The number of rotatable bonds is 5. The van der Waals surface area contributed by atoms with Gasteiger partial charge < -0.3 is 20.1 Å². The van der Waals surface area contributed by atoms with Crippen LogP contribution in [0.2, 0.25) is 0 Å². The van der Waals surface area contributed by atoms with E-state index in [-0.39, 0.29) is 12.5 Å². The minimum absolute atomic E-state index is 0.0937.